The van der Waals surface area contributed by atoms with E-state index in [0.717, 1.165) is 64.6 Å². The van der Waals surface area contributed by atoms with Crippen LogP contribution in [0, 0.1) is 19.3 Å². The van der Waals surface area contributed by atoms with Crippen LogP contribution in [0.5, 0.6) is 5.88 Å². The van der Waals surface area contributed by atoms with E-state index in [9.17, 15) is 18.3 Å². The molecular weight excluding hydrogens is 655 g/mol. The van der Waals surface area contributed by atoms with Crippen molar-refractivity contribution in [2.24, 2.45) is 5.41 Å². The van der Waals surface area contributed by atoms with Gasteiger partial charge in [-0.05, 0) is 73.9 Å². The van der Waals surface area contributed by atoms with E-state index >= 15 is 0 Å². The zero-order chi connectivity index (χ0) is 35.8. The standard InChI is InChI=1S/C37H43N7O5S/c1-22-9-7-10-23(2)32(22)28-17-31(43-35(41-28)44-50(47,48)27-12-8-11-24(15-27)34(45)46)49-21-25(18-37(6)13-14-37)38-19-26-20-39-29-16-30(36(3,4)5)42-33(29)40-26/h7-12,15-17,20,25,38H,13-14,18-19,21H2,1-6H3,(H,40,42)(H,45,46)(H,41,43,44)/t25-/m1/s1. The Hall–Kier alpha value is -4.88. The average molecular weight is 698 g/mol. The fourth-order valence-corrected chi connectivity index (χ4v) is 6.92. The van der Waals surface area contributed by atoms with Gasteiger partial charge in [0.2, 0.25) is 11.8 Å². The van der Waals surface area contributed by atoms with Crippen LogP contribution < -0.4 is 14.8 Å². The summed E-state index contributed by atoms with van der Waals surface area (Å²) in [5, 5.41) is 13.0. The summed E-state index contributed by atoms with van der Waals surface area (Å²) in [4.78, 5) is 33.2. The third-order valence-corrected chi connectivity index (χ3v) is 10.4. The molecule has 3 aromatic heterocycles. The number of anilines is 1. The van der Waals surface area contributed by atoms with Crippen molar-refractivity contribution in [3.63, 3.8) is 0 Å². The van der Waals surface area contributed by atoms with Gasteiger partial charge >= 0.3 is 5.97 Å². The lowest BCUT2D eigenvalue weighted by atomic mass is 9.93. The molecule has 0 amide bonds. The first-order valence-electron chi connectivity index (χ1n) is 16.6. The summed E-state index contributed by atoms with van der Waals surface area (Å²) in [7, 11) is -4.24. The maximum absolute atomic E-state index is 13.4. The number of H-pyrrole nitrogens is 1. The van der Waals surface area contributed by atoms with Gasteiger partial charge in [-0.25, -0.2) is 27.9 Å². The minimum Gasteiger partial charge on any atom is -0.478 e. The highest BCUT2D eigenvalue weighted by Gasteiger charge is 2.39. The maximum Gasteiger partial charge on any atom is 0.335 e. The number of aromatic amines is 1. The van der Waals surface area contributed by atoms with E-state index in [1.807, 2.05) is 38.1 Å². The summed E-state index contributed by atoms with van der Waals surface area (Å²) in [6.45, 7) is 13.3. The van der Waals surface area contributed by atoms with Gasteiger partial charge in [0.25, 0.3) is 10.0 Å². The number of ether oxygens (including phenoxy) is 1. The molecule has 0 bridgehead atoms. The highest BCUT2D eigenvalue weighted by Crippen LogP contribution is 2.49. The summed E-state index contributed by atoms with van der Waals surface area (Å²) >= 11 is 0. The molecule has 0 radical (unpaired) electrons. The van der Waals surface area contributed by atoms with Crippen LogP contribution >= 0.6 is 0 Å². The number of nitrogens with zero attached hydrogens (tertiary/aromatic N) is 4. The average Bonchev–Trinajstić information content (AvgIpc) is 3.60. The second kappa shape index (κ2) is 13.4. The van der Waals surface area contributed by atoms with E-state index in [2.05, 4.69) is 57.7 Å². The largest absolute Gasteiger partial charge is 0.478 e. The molecule has 1 saturated carbocycles. The van der Waals surface area contributed by atoms with Gasteiger partial charge in [-0.15, -0.1) is 0 Å². The number of hydrogen-bond donors (Lipinski definition) is 4. The monoisotopic (exact) mass is 697 g/mol. The van der Waals surface area contributed by atoms with Gasteiger partial charge in [0.05, 0.1) is 28.0 Å². The number of sulfonamides is 1. The number of carbonyl (C=O) groups is 1. The minimum absolute atomic E-state index is 0.0489. The fraction of sp³-hybridized carbons (Fsp3) is 0.378. The molecular formula is C37H43N7O5S. The summed E-state index contributed by atoms with van der Waals surface area (Å²) in [6, 6.07) is 14.7. The van der Waals surface area contributed by atoms with Gasteiger partial charge in [0.1, 0.15) is 12.1 Å². The van der Waals surface area contributed by atoms with Gasteiger partial charge in [-0.2, -0.15) is 4.98 Å². The van der Waals surface area contributed by atoms with E-state index in [1.165, 1.54) is 18.2 Å². The van der Waals surface area contributed by atoms with Crippen LogP contribution in [0.1, 0.15) is 79.8 Å². The normalized spacial score (nSPS) is 14.8. The lowest BCUT2D eigenvalue weighted by Crippen LogP contribution is -2.36. The molecule has 13 heteroatoms. The highest BCUT2D eigenvalue weighted by atomic mass is 32.2. The van der Waals surface area contributed by atoms with Crippen molar-refractivity contribution in [3.8, 4) is 17.1 Å². The number of aromatic nitrogens is 5. The van der Waals surface area contributed by atoms with E-state index in [4.69, 9.17) is 9.72 Å². The summed E-state index contributed by atoms with van der Waals surface area (Å²) in [5.74, 6) is -1.23. The second-order valence-electron chi connectivity index (χ2n) is 14.6. The van der Waals surface area contributed by atoms with Crippen LogP contribution in [-0.2, 0) is 22.0 Å². The number of aryl methyl sites for hydroxylation is 2. The number of carboxylic acid groups (broad SMARTS) is 1. The molecule has 3 heterocycles. The van der Waals surface area contributed by atoms with E-state index in [0.29, 0.717) is 12.2 Å². The number of fused-ring (bicyclic) bond motifs is 1. The van der Waals surface area contributed by atoms with Crippen LogP contribution in [0.3, 0.4) is 0 Å². The minimum atomic E-state index is -4.24. The smallest absolute Gasteiger partial charge is 0.335 e. The molecule has 1 atom stereocenters. The molecule has 6 rings (SSSR count). The summed E-state index contributed by atoms with van der Waals surface area (Å²) in [5.41, 5.74) is 6.69. The Morgan fingerprint density at radius 3 is 2.44 bits per heavy atom. The number of aromatic carboxylic acids is 1. The lowest BCUT2D eigenvalue weighted by molar-refractivity contribution is 0.0696. The van der Waals surface area contributed by atoms with Gasteiger partial charge in [0.15, 0.2) is 5.65 Å². The van der Waals surface area contributed by atoms with Crippen LogP contribution in [0.25, 0.3) is 22.4 Å². The Bertz CT molecular complexity index is 2150. The molecule has 2 aromatic carbocycles. The zero-order valence-electron chi connectivity index (χ0n) is 29.2. The molecule has 1 aliphatic carbocycles. The van der Waals surface area contributed by atoms with Crippen molar-refractivity contribution in [2.45, 2.75) is 83.7 Å². The first-order chi connectivity index (χ1) is 23.6. The third kappa shape index (κ3) is 8.11. The van der Waals surface area contributed by atoms with Crippen molar-refractivity contribution in [3.05, 3.63) is 88.9 Å². The van der Waals surface area contributed by atoms with Crippen LogP contribution in [0.2, 0.25) is 0 Å². The number of carboxylic acids is 1. The molecule has 50 heavy (non-hydrogen) atoms. The molecule has 262 valence electrons. The molecule has 1 aliphatic rings. The SMILES string of the molecule is Cc1cccc(C)c1-c1cc(OC[C@@H](CC2(C)CC2)NCc2cnc3cc(C(C)(C)C)[nH]c3n2)nc(NS(=O)(=O)c2cccc(C(=O)O)c2)n1. The summed E-state index contributed by atoms with van der Waals surface area (Å²) < 4.78 is 35.6. The highest BCUT2D eigenvalue weighted by molar-refractivity contribution is 7.92. The van der Waals surface area contributed by atoms with Crippen molar-refractivity contribution >= 4 is 33.1 Å². The Balaban J connectivity index is 1.26. The number of benzene rings is 2. The Labute approximate surface area is 292 Å². The van der Waals surface area contributed by atoms with Crippen molar-refractivity contribution in [2.75, 3.05) is 11.3 Å². The van der Waals surface area contributed by atoms with Gasteiger partial charge in [0, 0.05) is 35.3 Å². The second-order valence-corrected chi connectivity index (χ2v) is 16.2. The van der Waals surface area contributed by atoms with E-state index < -0.39 is 16.0 Å². The molecule has 0 aliphatic heterocycles. The van der Waals surface area contributed by atoms with Crippen LogP contribution in [0.15, 0.2) is 65.7 Å². The summed E-state index contributed by atoms with van der Waals surface area (Å²) in [6.07, 6.45) is 4.92. The van der Waals surface area contributed by atoms with Gasteiger partial charge in [-0.1, -0.05) is 52.0 Å². The molecule has 0 spiro atoms. The molecule has 4 N–H and O–H groups in total. The van der Waals surface area contributed by atoms with Crippen molar-refractivity contribution in [1.82, 2.24) is 30.2 Å². The van der Waals surface area contributed by atoms with Crippen molar-refractivity contribution < 1.29 is 23.1 Å². The van der Waals surface area contributed by atoms with E-state index in [1.54, 1.807) is 12.3 Å². The Morgan fingerprint density at radius 1 is 1.04 bits per heavy atom. The zero-order valence-corrected chi connectivity index (χ0v) is 30.0. The third-order valence-electron chi connectivity index (χ3n) is 9.10. The first-order valence-corrected chi connectivity index (χ1v) is 18.1. The Kier molecular flexibility index (Phi) is 9.40. The number of nitrogens with one attached hydrogen (secondary N) is 3. The van der Waals surface area contributed by atoms with Crippen molar-refractivity contribution in [1.29, 1.82) is 0 Å². The predicted octanol–water partition coefficient (Wildman–Crippen LogP) is 6.56. The number of rotatable bonds is 13. The Morgan fingerprint density at radius 2 is 1.76 bits per heavy atom. The molecule has 1 fully saturated rings. The molecule has 12 nitrogen and oxygen atoms in total. The fourth-order valence-electron chi connectivity index (χ4n) is 5.93. The van der Waals surface area contributed by atoms with Crippen LogP contribution in [-0.4, -0.2) is 57.1 Å². The molecule has 0 unspecified atom stereocenters. The molecule has 5 aromatic rings. The predicted molar refractivity (Wildman–Crippen MR) is 192 cm³/mol. The maximum atomic E-state index is 13.4. The van der Waals surface area contributed by atoms with Crippen LogP contribution in [0.4, 0.5) is 5.95 Å². The van der Waals surface area contributed by atoms with Gasteiger partial charge in [-0.3, -0.25) is 4.98 Å². The molecule has 0 saturated heterocycles. The quantitative estimate of drug-likeness (QED) is 0.106. The first kappa shape index (κ1) is 35.0. The lowest BCUT2D eigenvalue weighted by Gasteiger charge is -2.22. The topological polar surface area (TPSA) is 172 Å². The number of hydrogen-bond acceptors (Lipinski definition) is 9. The van der Waals surface area contributed by atoms with Gasteiger partial charge < -0.3 is 20.1 Å². The van der Waals surface area contributed by atoms with E-state index in [-0.39, 0.29) is 45.8 Å².